The third-order valence-electron chi connectivity index (χ3n) is 4.09. The summed E-state index contributed by atoms with van der Waals surface area (Å²) in [6, 6.07) is 17.7. The van der Waals surface area contributed by atoms with Gasteiger partial charge in [0.15, 0.2) is 5.82 Å². The maximum Gasteiger partial charge on any atom is 0.257 e. The first-order valence-corrected chi connectivity index (χ1v) is 7.66. The van der Waals surface area contributed by atoms with Crippen LogP contribution in [0.2, 0.25) is 0 Å². The summed E-state index contributed by atoms with van der Waals surface area (Å²) in [5.74, 6) is 1.16. The Morgan fingerprint density at radius 3 is 2.74 bits per heavy atom. The summed E-state index contributed by atoms with van der Waals surface area (Å²) in [6.07, 6.45) is -0.472. The molecule has 4 rings (SSSR count). The number of nitrogens with zero attached hydrogens (tertiary/aromatic N) is 3. The number of aliphatic hydroxyl groups is 1. The van der Waals surface area contributed by atoms with Gasteiger partial charge in [0.05, 0.1) is 12.6 Å². The van der Waals surface area contributed by atoms with Crippen LogP contribution < -0.4 is 0 Å². The summed E-state index contributed by atoms with van der Waals surface area (Å²) >= 11 is 0. The largest absolute Gasteiger partial charge is 0.387 e. The molecule has 1 unspecified atom stereocenters. The van der Waals surface area contributed by atoms with Gasteiger partial charge < -0.3 is 9.63 Å². The van der Waals surface area contributed by atoms with E-state index < -0.39 is 6.10 Å². The van der Waals surface area contributed by atoms with E-state index in [-0.39, 0.29) is 0 Å². The van der Waals surface area contributed by atoms with Gasteiger partial charge in [-0.15, -0.1) is 0 Å². The van der Waals surface area contributed by atoms with Crippen LogP contribution in [0.25, 0.3) is 11.5 Å². The molecular weight excluding hydrogens is 290 g/mol. The molecule has 0 saturated carbocycles. The molecule has 1 aliphatic heterocycles. The van der Waals surface area contributed by atoms with Crippen molar-refractivity contribution < 1.29 is 9.63 Å². The molecule has 0 fully saturated rings. The van der Waals surface area contributed by atoms with E-state index in [0.29, 0.717) is 24.8 Å². The zero-order valence-electron chi connectivity index (χ0n) is 12.6. The smallest absolute Gasteiger partial charge is 0.257 e. The van der Waals surface area contributed by atoms with Crippen molar-refractivity contribution in [3.63, 3.8) is 0 Å². The van der Waals surface area contributed by atoms with Gasteiger partial charge in [-0.3, -0.25) is 4.90 Å². The van der Waals surface area contributed by atoms with Gasteiger partial charge in [-0.1, -0.05) is 47.6 Å². The average Bonchev–Trinajstić information content (AvgIpc) is 3.04. The molecule has 2 heterocycles. The molecule has 0 radical (unpaired) electrons. The fourth-order valence-corrected chi connectivity index (χ4v) is 2.99. The second-order valence-corrected chi connectivity index (χ2v) is 5.77. The number of β-amino-alcohol motifs (C(OH)–C–C–N with tert-alkyl or cyclic N) is 1. The van der Waals surface area contributed by atoms with Crippen LogP contribution in [0.3, 0.4) is 0 Å². The lowest BCUT2D eigenvalue weighted by Gasteiger charge is -2.31. The standard InChI is InChI=1S/C18H17N3O2/c22-16-11-21(10-14-8-4-5-9-15(14)16)12-17-19-18(23-20-17)13-6-2-1-3-7-13/h1-9,16,22H,10-12H2. The van der Waals surface area contributed by atoms with Gasteiger partial charge in [-0.25, -0.2) is 0 Å². The molecule has 0 amide bonds. The quantitative estimate of drug-likeness (QED) is 0.806. The molecule has 0 aliphatic carbocycles. The summed E-state index contributed by atoms with van der Waals surface area (Å²) in [5, 5.41) is 14.3. The van der Waals surface area contributed by atoms with E-state index >= 15 is 0 Å². The predicted molar refractivity (Wildman–Crippen MR) is 85.2 cm³/mol. The normalized spacial score (nSPS) is 17.9. The highest BCUT2D eigenvalue weighted by Gasteiger charge is 2.24. The minimum atomic E-state index is -0.472. The highest BCUT2D eigenvalue weighted by molar-refractivity contribution is 5.51. The van der Waals surface area contributed by atoms with Crippen molar-refractivity contribution in [2.24, 2.45) is 0 Å². The van der Waals surface area contributed by atoms with Crippen molar-refractivity contribution in [2.45, 2.75) is 19.2 Å². The van der Waals surface area contributed by atoms with Crippen molar-refractivity contribution >= 4 is 0 Å². The Hall–Kier alpha value is -2.50. The molecule has 3 aromatic rings. The summed E-state index contributed by atoms with van der Waals surface area (Å²) < 4.78 is 5.34. The topological polar surface area (TPSA) is 62.4 Å². The number of hydrogen-bond donors (Lipinski definition) is 1. The Balaban J connectivity index is 1.51. The summed E-state index contributed by atoms with van der Waals surface area (Å²) in [6.45, 7) is 1.91. The van der Waals surface area contributed by atoms with E-state index in [1.54, 1.807) is 0 Å². The molecule has 5 heteroatoms. The van der Waals surface area contributed by atoms with Crippen LogP contribution in [0.5, 0.6) is 0 Å². The van der Waals surface area contributed by atoms with Crippen molar-refractivity contribution in [1.29, 1.82) is 0 Å². The third-order valence-corrected chi connectivity index (χ3v) is 4.09. The van der Waals surface area contributed by atoms with Crippen molar-refractivity contribution in [2.75, 3.05) is 6.54 Å². The predicted octanol–water partition coefficient (Wildman–Crippen LogP) is 2.79. The minimum Gasteiger partial charge on any atom is -0.387 e. The Morgan fingerprint density at radius 1 is 1.09 bits per heavy atom. The number of benzene rings is 2. The Morgan fingerprint density at radius 2 is 1.87 bits per heavy atom. The number of hydrogen-bond acceptors (Lipinski definition) is 5. The molecule has 23 heavy (non-hydrogen) atoms. The highest BCUT2D eigenvalue weighted by atomic mass is 16.5. The van der Waals surface area contributed by atoms with Crippen LogP contribution in [0.4, 0.5) is 0 Å². The van der Waals surface area contributed by atoms with E-state index in [1.807, 2.05) is 48.5 Å². The van der Waals surface area contributed by atoms with Gasteiger partial charge in [-0.05, 0) is 23.3 Å². The Kier molecular flexibility index (Phi) is 3.65. The molecule has 0 spiro atoms. The second-order valence-electron chi connectivity index (χ2n) is 5.77. The maximum atomic E-state index is 10.3. The molecule has 1 aromatic heterocycles. The molecule has 1 aliphatic rings. The van der Waals surface area contributed by atoms with Gasteiger partial charge in [-0.2, -0.15) is 4.98 Å². The van der Waals surface area contributed by atoms with Crippen LogP contribution >= 0.6 is 0 Å². The molecule has 2 aromatic carbocycles. The van der Waals surface area contributed by atoms with Gasteiger partial charge >= 0.3 is 0 Å². The molecule has 0 saturated heterocycles. The first-order chi connectivity index (χ1) is 11.3. The fourth-order valence-electron chi connectivity index (χ4n) is 2.99. The third kappa shape index (κ3) is 2.88. The molecule has 5 nitrogen and oxygen atoms in total. The highest BCUT2D eigenvalue weighted by Crippen LogP contribution is 2.27. The first-order valence-electron chi connectivity index (χ1n) is 7.66. The fraction of sp³-hybridized carbons (Fsp3) is 0.222. The lowest BCUT2D eigenvalue weighted by molar-refractivity contribution is 0.0862. The van der Waals surface area contributed by atoms with Crippen LogP contribution in [-0.2, 0) is 13.1 Å². The second kappa shape index (κ2) is 5.95. The van der Waals surface area contributed by atoms with E-state index in [2.05, 4.69) is 21.1 Å². The van der Waals surface area contributed by atoms with Crippen molar-refractivity contribution in [1.82, 2.24) is 15.0 Å². The zero-order valence-corrected chi connectivity index (χ0v) is 12.6. The number of aromatic nitrogens is 2. The van der Waals surface area contributed by atoms with Crippen LogP contribution in [-0.4, -0.2) is 26.7 Å². The van der Waals surface area contributed by atoms with Crippen LogP contribution in [0.15, 0.2) is 59.1 Å². The number of fused-ring (bicyclic) bond motifs is 1. The minimum absolute atomic E-state index is 0.472. The van der Waals surface area contributed by atoms with Gasteiger partial charge in [0.25, 0.3) is 5.89 Å². The van der Waals surface area contributed by atoms with E-state index in [1.165, 1.54) is 0 Å². The lowest BCUT2D eigenvalue weighted by Crippen LogP contribution is -2.33. The van der Waals surface area contributed by atoms with E-state index in [9.17, 15) is 5.11 Å². The number of rotatable bonds is 3. The SMILES string of the molecule is OC1CN(Cc2noc(-c3ccccc3)n2)Cc2ccccc21. The van der Waals surface area contributed by atoms with Gasteiger partial charge in [0.1, 0.15) is 0 Å². The zero-order chi connectivity index (χ0) is 15.6. The Labute approximate surface area is 134 Å². The van der Waals surface area contributed by atoms with Gasteiger partial charge in [0, 0.05) is 18.7 Å². The molecule has 116 valence electrons. The number of aliphatic hydroxyl groups excluding tert-OH is 1. The monoisotopic (exact) mass is 307 g/mol. The first kappa shape index (κ1) is 14.1. The summed E-state index contributed by atoms with van der Waals surface area (Å²) in [7, 11) is 0. The van der Waals surface area contributed by atoms with Gasteiger partial charge in [0.2, 0.25) is 0 Å². The van der Waals surface area contributed by atoms with E-state index in [0.717, 1.165) is 23.2 Å². The maximum absolute atomic E-state index is 10.3. The molecule has 1 atom stereocenters. The van der Waals surface area contributed by atoms with Crippen molar-refractivity contribution in [3.8, 4) is 11.5 Å². The lowest BCUT2D eigenvalue weighted by atomic mass is 9.97. The van der Waals surface area contributed by atoms with Crippen LogP contribution in [0, 0.1) is 0 Å². The summed E-state index contributed by atoms with van der Waals surface area (Å²) in [5.41, 5.74) is 3.08. The Bertz CT molecular complexity index is 801. The van der Waals surface area contributed by atoms with Crippen LogP contribution in [0.1, 0.15) is 23.1 Å². The molecule has 0 bridgehead atoms. The molecule has 1 N–H and O–H groups in total. The van der Waals surface area contributed by atoms with E-state index in [4.69, 9.17) is 4.52 Å². The summed E-state index contributed by atoms with van der Waals surface area (Å²) in [4.78, 5) is 6.59. The average molecular weight is 307 g/mol. The van der Waals surface area contributed by atoms with Crippen molar-refractivity contribution in [3.05, 3.63) is 71.5 Å². The molecular formula is C18H17N3O2.